The molecular formula is C22H17N3O3. The fourth-order valence-corrected chi connectivity index (χ4v) is 3.20. The third kappa shape index (κ3) is 3.23. The molecule has 0 spiro atoms. The molecule has 138 valence electrons. The summed E-state index contributed by atoms with van der Waals surface area (Å²) < 4.78 is 1.80. The Morgan fingerprint density at radius 3 is 2.14 bits per heavy atom. The van der Waals surface area contributed by atoms with Gasteiger partial charge < -0.3 is 9.67 Å². The minimum Gasteiger partial charge on any atom is -0.507 e. The van der Waals surface area contributed by atoms with Gasteiger partial charge in [0.05, 0.1) is 17.2 Å². The number of hydrogen-bond donors (Lipinski definition) is 2. The number of phenolic OH excluding ortho intramolecular Hbond substituents is 1. The number of phenols is 1. The van der Waals surface area contributed by atoms with Gasteiger partial charge in [0.2, 0.25) is 0 Å². The topological polar surface area (TPSA) is 83.7 Å². The van der Waals surface area contributed by atoms with Gasteiger partial charge in [-0.05, 0) is 36.4 Å². The number of benzene rings is 3. The van der Waals surface area contributed by atoms with Gasteiger partial charge in [0, 0.05) is 16.3 Å². The Kier molecular flexibility index (Phi) is 4.60. The van der Waals surface area contributed by atoms with Crippen molar-refractivity contribution in [2.75, 3.05) is 0 Å². The Hall–Kier alpha value is -3.93. The van der Waals surface area contributed by atoms with Crippen molar-refractivity contribution in [2.24, 2.45) is 5.10 Å². The van der Waals surface area contributed by atoms with E-state index in [2.05, 4.69) is 10.5 Å². The summed E-state index contributed by atoms with van der Waals surface area (Å²) in [5.41, 5.74) is 4.29. The quantitative estimate of drug-likeness (QED) is 0.329. The van der Waals surface area contributed by atoms with Gasteiger partial charge in [0.1, 0.15) is 12.3 Å². The first-order valence-corrected chi connectivity index (χ1v) is 8.75. The van der Waals surface area contributed by atoms with Gasteiger partial charge in [0.25, 0.3) is 5.91 Å². The molecule has 6 nitrogen and oxygen atoms in total. The predicted molar refractivity (Wildman–Crippen MR) is 110 cm³/mol. The smallest absolute Gasteiger partial charge is 0.260 e. The zero-order chi connectivity index (χ0) is 19.5. The summed E-state index contributed by atoms with van der Waals surface area (Å²) in [5.74, 6) is -0.261. The Morgan fingerprint density at radius 2 is 1.50 bits per heavy atom. The molecule has 1 heterocycles. The molecule has 0 unspecified atom stereocenters. The Bertz CT molecular complexity index is 1210. The molecular weight excluding hydrogens is 354 g/mol. The molecule has 0 aliphatic rings. The molecule has 0 bridgehead atoms. The number of aromatic nitrogens is 1. The van der Waals surface area contributed by atoms with E-state index < -0.39 is 0 Å². The number of pyridine rings is 1. The highest BCUT2D eigenvalue weighted by Crippen LogP contribution is 2.19. The average Bonchev–Trinajstić information content (AvgIpc) is 2.72. The van der Waals surface area contributed by atoms with E-state index in [0.29, 0.717) is 27.4 Å². The summed E-state index contributed by atoms with van der Waals surface area (Å²) >= 11 is 0. The van der Waals surface area contributed by atoms with Crippen LogP contribution in [0.1, 0.15) is 5.56 Å². The van der Waals surface area contributed by atoms with E-state index in [4.69, 9.17) is 0 Å². The molecule has 3 aromatic carbocycles. The number of carbonyl (C=O) groups excluding carboxylic acids is 1. The van der Waals surface area contributed by atoms with Crippen molar-refractivity contribution < 1.29 is 9.90 Å². The number of rotatable bonds is 4. The van der Waals surface area contributed by atoms with E-state index in [-0.39, 0.29) is 23.6 Å². The summed E-state index contributed by atoms with van der Waals surface area (Å²) in [7, 11) is 0. The molecule has 0 aliphatic heterocycles. The Labute approximate surface area is 160 Å². The monoisotopic (exact) mass is 371 g/mol. The number of para-hydroxylation sites is 3. The fourth-order valence-electron chi connectivity index (χ4n) is 3.20. The zero-order valence-electron chi connectivity index (χ0n) is 14.9. The fraction of sp³-hybridized carbons (Fsp3) is 0.0455. The zero-order valence-corrected chi connectivity index (χ0v) is 14.9. The lowest BCUT2D eigenvalue weighted by Gasteiger charge is -2.14. The van der Waals surface area contributed by atoms with Gasteiger partial charge >= 0.3 is 0 Å². The lowest BCUT2D eigenvalue weighted by atomic mass is 10.1. The Morgan fingerprint density at radius 1 is 0.929 bits per heavy atom. The third-order valence-corrected chi connectivity index (χ3v) is 4.51. The van der Waals surface area contributed by atoms with Crippen molar-refractivity contribution in [2.45, 2.75) is 6.54 Å². The van der Waals surface area contributed by atoms with E-state index in [9.17, 15) is 14.7 Å². The van der Waals surface area contributed by atoms with Gasteiger partial charge in [-0.25, -0.2) is 5.43 Å². The number of fused-ring (bicyclic) bond motifs is 2. The number of hydrogen-bond acceptors (Lipinski definition) is 4. The molecule has 0 aliphatic carbocycles. The highest BCUT2D eigenvalue weighted by molar-refractivity contribution is 5.95. The molecule has 1 aromatic heterocycles. The van der Waals surface area contributed by atoms with E-state index in [1.165, 1.54) is 6.21 Å². The number of hydrazone groups is 1. The summed E-state index contributed by atoms with van der Waals surface area (Å²) in [6.45, 7) is -0.000577. The summed E-state index contributed by atoms with van der Waals surface area (Å²) in [5, 5.41) is 14.8. The summed E-state index contributed by atoms with van der Waals surface area (Å²) in [6.07, 6.45) is 1.38. The first kappa shape index (κ1) is 17.5. The van der Waals surface area contributed by atoms with Crippen LogP contribution < -0.4 is 10.9 Å². The van der Waals surface area contributed by atoms with Crippen LogP contribution in [0.2, 0.25) is 0 Å². The highest BCUT2D eigenvalue weighted by atomic mass is 16.3. The van der Waals surface area contributed by atoms with Gasteiger partial charge in [0.15, 0.2) is 5.43 Å². The average molecular weight is 371 g/mol. The van der Waals surface area contributed by atoms with Crippen LogP contribution in [-0.4, -0.2) is 21.8 Å². The van der Waals surface area contributed by atoms with Gasteiger partial charge in [-0.3, -0.25) is 9.59 Å². The minimum absolute atomic E-state index is 0.000577. The van der Waals surface area contributed by atoms with Crippen LogP contribution in [-0.2, 0) is 11.3 Å². The molecule has 4 aromatic rings. The van der Waals surface area contributed by atoms with Crippen molar-refractivity contribution in [1.82, 2.24) is 9.99 Å². The summed E-state index contributed by atoms with van der Waals surface area (Å²) in [6, 6.07) is 21.1. The lowest BCUT2D eigenvalue weighted by molar-refractivity contribution is -0.121. The van der Waals surface area contributed by atoms with Gasteiger partial charge in [-0.2, -0.15) is 5.10 Å². The second-order valence-electron chi connectivity index (χ2n) is 6.30. The molecule has 28 heavy (non-hydrogen) atoms. The van der Waals surface area contributed by atoms with Crippen LogP contribution in [0, 0.1) is 0 Å². The van der Waals surface area contributed by atoms with E-state index in [1.54, 1.807) is 53.1 Å². The summed E-state index contributed by atoms with van der Waals surface area (Å²) in [4.78, 5) is 25.2. The van der Waals surface area contributed by atoms with E-state index in [0.717, 1.165) is 0 Å². The van der Waals surface area contributed by atoms with Crippen molar-refractivity contribution in [1.29, 1.82) is 0 Å². The molecule has 0 saturated heterocycles. The van der Waals surface area contributed by atoms with E-state index in [1.807, 2.05) is 24.3 Å². The van der Waals surface area contributed by atoms with Gasteiger partial charge in [-0.1, -0.05) is 36.4 Å². The van der Waals surface area contributed by atoms with Crippen molar-refractivity contribution in [3.05, 3.63) is 88.6 Å². The van der Waals surface area contributed by atoms with Crippen LogP contribution in [0.25, 0.3) is 21.8 Å². The SMILES string of the molecule is O=C(Cn1c2ccccc2c(=O)c2ccccc21)NN=Cc1ccccc1O. The maximum absolute atomic E-state index is 12.7. The van der Waals surface area contributed by atoms with Crippen LogP contribution in [0.4, 0.5) is 0 Å². The number of carbonyl (C=O) groups is 1. The third-order valence-electron chi connectivity index (χ3n) is 4.51. The molecule has 0 fully saturated rings. The maximum atomic E-state index is 12.7. The van der Waals surface area contributed by atoms with E-state index >= 15 is 0 Å². The first-order valence-electron chi connectivity index (χ1n) is 8.75. The predicted octanol–water partition coefficient (Wildman–Crippen LogP) is 3.01. The van der Waals surface area contributed by atoms with Crippen molar-refractivity contribution in [3.63, 3.8) is 0 Å². The highest BCUT2D eigenvalue weighted by Gasteiger charge is 2.12. The molecule has 6 heteroatoms. The Balaban J connectivity index is 1.67. The van der Waals surface area contributed by atoms with Crippen LogP contribution in [0.5, 0.6) is 5.75 Å². The van der Waals surface area contributed by atoms with Crippen molar-refractivity contribution in [3.8, 4) is 5.75 Å². The lowest BCUT2D eigenvalue weighted by Crippen LogP contribution is -2.25. The van der Waals surface area contributed by atoms with Crippen LogP contribution in [0.15, 0.2) is 82.7 Å². The second-order valence-corrected chi connectivity index (χ2v) is 6.30. The molecule has 0 saturated carbocycles. The number of nitrogens with one attached hydrogen (secondary N) is 1. The van der Waals surface area contributed by atoms with Crippen molar-refractivity contribution >= 4 is 33.9 Å². The first-order chi connectivity index (χ1) is 13.6. The van der Waals surface area contributed by atoms with Gasteiger partial charge in [-0.15, -0.1) is 0 Å². The number of aromatic hydroxyl groups is 1. The molecule has 2 N–H and O–H groups in total. The molecule has 0 atom stereocenters. The minimum atomic E-state index is -0.342. The normalized spacial score (nSPS) is 11.3. The molecule has 1 amide bonds. The maximum Gasteiger partial charge on any atom is 0.260 e. The number of amides is 1. The van der Waals surface area contributed by atoms with Crippen LogP contribution >= 0.6 is 0 Å². The largest absolute Gasteiger partial charge is 0.507 e. The van der Waals surface area contributed by atoms with Crippen LogP contribution in [0.3, 0.4) is 0 Å². The standard InChI is InChI=1S/C22H17N3O3/c26-20-12-6-1-7-15(20)13-23-24-21(27)14-25-18-10-4-2-8-16(18)22(28)17-9-3-5-11-19(17)25/h1-13,26H,14H2,(H,24,27). The molecule has 0 radical (unpaired) electrons. The molecule has 4 rings (SSSR count). The number of nitrogens with zero attached hydrogens (tertiary/aromatic N) is 2. The second kappa shape index (κ2) is 7.36.